The minimum absolute atomic E-state index is 0.0163. The van der Waals surface area contributed by atoms with Crippen LogP contribution in [0, 0.1) is 5.92 Å². The van der Waals surface area contributed by atoms with E-state index in [1.165, 1.54) is 63.0 Å². The molecule has 3 aromatic carbocycles. The van der Waals surface area contributed by atoms with E-state index in [4.69, 9.17) is 9.92 Å². The molecule has 0 fully saturated rings. The number of unbranched alkanes of at least 4 members (excludes halogenated alkanes) is 1. The normalized spacial score (nSPS) is 19.6. The molecule has 0 saturated heterocycles. The third-order valence-corrected chi connectivity index (χ3v) is 14.2. The van der Waals surface area contributed by atoms with Crippen molar-refractivity contribution in [2.24, 2.45) is 11.7 Å². The van der Waals surface area contributed by atoms with Gasteiger partial charge in [-0.15, -0.1) is 0 Å². The molecule has 3 aromatic rings. The number of hydrogen-bond acceptors (Lipinski definition) is 5. The van der Waals surface area contributed by atoms with E-state index >= 15 is 0 Å². The summed E-state index contributed by atoms with van der Waals surface area (Å²) >= 11 is 0. The Hall–Kier alpha value is -4.46. The Morgan fingerprint density at radius 3 is 2.39 bits per heavy atom. The van der Waals surface area contributed by atoms with Gasteiger partial charge in [0, 0.05) is 28.9 Å². The van der Waals surface area contributed by atoms with Crippen molar-refractivity contribution in [3.8, 4) is 0 Å². The van der Waals surface area contributed by atoms with E-state index in [1.807, 2.05) is 12.1 Å². The van der Waals surface area contributed by atoms with Crippen LogP contribution >= 0.6 is 0 Å². The molecule has 3 aliphatic carbocycles. The number of aryl methyl sites for hydroxylation is 2. The highest BCUT2D eigenvalue weighted by Crippen LogP contribution is 2.52. The molecule has 6 nitrogen and oxygen atoms in total. The number of carbonyl (C=O) groups is 1. The lowest BCUT2D eigenvalue weighted by atomic mass is 9.74. The Morgan fingerprint density at radius 2 is 1.67 bits per heavy atom. The van der Waals surface area contributed by atoms with Gasteiger partial charge < -0.3 is 10.6 Å². The van der Waals surface area contributed by atoms with Crippen molar-refractivity contribution in [1.82, 2.24) is 0 Å². The van der Waals surface area contributed by atoms with Gasteiger partial charge in [0.1, 0.15) is 0 Å². The van der Waals surface area contributed by atoms with Crippen LogP contribution in [0.15, 0.2) is 96.2 Å². The Balaban J connectivity index is 1.23. The molecule has 4 aliphatic rings. The summed E-state index contributed by atoms with van der Waals surface area (Å²) in [5, 5.41) is 0. The highest BCUT2D eigenvalue weighted by molar-refractivity contribution is 7.86. The fourth-order valence-corrected chi connectivity index (χ4v) is 10.6. The number of fused-ring (bicyclic) bond motifs is 4. The average Bonchev–Trinajstić information content (AvgIpc) is 3.43. The molecule has 0 saturated carbocycles. The average molecular weight is 785 g/mol. The van der Waals surface area contributed by atoms with E-state index in [0.717, 1.165) is 76.3 Å². The van der Waals surface area contributed by atoms with Crippen LogP contribution in [0.1, 0.15) is 135 Å². The lowest BCUT2D eigenvalue weighted by Gasteiger charge is -2.31. The number of amides is 1. The van der Waals surface area contributed by atoms with Crippen molar-refractivity contribution in [3.63, 3.8) is 0 Å². The third kappa shape index (κ3) is 8.56. The molecule has 7 heteroatoms. The molecule has 1 aliphatic heterocycles. The molecule has 7 rings (SSSR count). The van der Waals surface area contributed by atoms with Gasteiger partial charge in [0.2, 0.25) is 5.91 Å². The Kier molecular flexibility index (Phi) is 12.0. The lowest BCUT2D eigenvalue weighted by Crippen LogP contribution is -2.28. The second kappa shape index (κ2) is 16.8. The molecule has 300 valence electrons. The van der Waals surface area contributed by atoms with Gasteiger partial charge in [0.25, 0.3) is 10.1 Å². The largest absolute Gasteiger partial charge is 0.366 e. The Bertz CT molecular complexity index is 2270. The minimum Gasteiger partial charge on any atom is -0.366 e. The maximum atomic E-state index is 12.2. The summed E-state index contributed by atoms with van der Waals surface area (Å²) in [5.41, 5.74) is 20.7. The number of nitrogens with zero attached hydrogens (tertiary/aromatic N) is 1. The van der Waals surface area contributed by atoms with Crippen LogP contribution in [0.25, 0.3) is 17.7 Å². The van der Waals surface area contributed by atoms with Crippen molar-refractivity contribution in [2.45, 2.75) is 109 Å². The van der Waals surface area contributed by atoms with E-state index in [1.54, 1.807) is 0 Å². The number of allylic oxidation sites excluding steroid dienone is 8. The minimum atomic E-state index is -3.51. The van der Waals surface area contributed by atoms with Crippen LogP contribution in [0.4, 0.5) is 5.69 Å². The summed E-state index contributed by atoms with van der Waals surface area (Å²) in [6.07, 6.45) is 27.1. The van der Waals surface area contributed by atoms with Gasteiger partial charge in [-0.3, -0.25) is 8.98 Å². The first-order valence-corrected chi connectivity index (χ1v) is 22.6. The molecular formula is C50H60N2O4S. The molecule has 0 bridgehead atoms. The van der Waals surface area contributed by atoms with Crippen LogP contribution in [-0.4, -0.2) is 33.7 Å². The van der Waals surface area contributed by atoms with Gasteiger partial charge in [-0.1, -0.05) is 107 Å². The summed E-state index contributed by atoms with van der Waals surface area (Å²) < 4.78 is 29.1. The topological polar surface area (TPSA) is 89.7 Å². The van der Waals surface area contributed by atoms with Crippen LogP contribution in [0.2, 0.25) is 0 Å². The standard InChI is InChI=1S/C50H60N2O4S/c1-49(2,43-23-13-17-35-15-6-8-21-41(35)43)32-14-20-37-18-12-19-38(46(37)39-24-26-40(27-25-39)48(51)53)29-31-45-50(3,4)47-42-22-9-7-16-36(42)28-30-44(47)52(45)33-10-11-34-57(54,55)56-5/h8-9,13-14,17,20-28,30-31,38H,6-7,10-12,15-16,18-19,29,32-34H2,1-5H3,(H2,51,53)/b20-14+,45-31-. The third-order valence-electron chi connectivity index (χ3n) is 12.9. The number of carbonyl (C=O) groups excluding carboxylic acids is 1. The van der Waals surface area contributed by atoms with Crippen molar-refractivity contribution < 1.29 is 17.4 Å². The van der Waals surface area contributed by atoms with Crippen LogP contribution in [0.5, 0.6) is 0 Å². The van der Waals surface area contributed by atoms with Crippen molar-refractivity contribution >= 4 is 39.4 Å². The van der Waals surface area contributed by atoms with Gasteiger partial charge in [-0.25, -0.2) is 0 Å². The summed E-state index contributed by atoms with van der Waals surface area (Å²) in [7, 11) is -2.27. The molecule has 0 radical (unpaired) electrons. The predicted molar refractivity (Wildman–Crippen MR) is 237 cm³/mol. The molecule has 1 atom stereocenters. The van der Waals surface area contributed by atoms with Crippen LogP contribution < -0.4 is 10.6 Å². The van der Waals surface area contributed by atoms with Crippen molar-refractivity contribution in [1.29, 1.82) is 0 Å². The first-order chi connectivity index (χ1) is 27.3. The van der Waals surface area contributed by atoms with E-state index in [0.29, 0.717) is 12.0 Å². The predicted octanol–water partition coefficient (Wildman–Crippen LogP) is 11.0. The lowest BCUT2D eigenvalue weighted by molar-refractivity contribution is 0.1000. The van der Waals surface area contributed by atoms with Crippen LogP contribution in [0.3, 0.4) is 0 Å². The SMILES string of the molecule is COS(=O)(=O)CCCCN1/C(=C\CC2CCCC(/C=C/CC(C)(C)c3cccc4c3C=CCC4)=C2c2ccc(C(N)=O)cc2)C(C)(C)c2c1ccc1c2C=CCC1. The van der Waals surface area contributed by atoms with Gasteiger partial charge in [0.15, 0.2) is 0 Å². The monoisotopic (exact) mass is 784 g/mol. The fourth-order valence-electron chi connectivity index (χ4n) is 9.86. The van der Waals surface area contributed by atoms with E-state index in [9.17, 15) is 13.2 Å². The molecule has 1 amide bonds. The summed E-state index contributed by atoms with van der Waals surface area (Å²) in [6, 6.07) is 19.3. The number of hydrogen-bond donors (Lipinski definition) is 1. The molecule has 1 heterocycles. The van der Waals surface area contributed by atoms with Crippen molar-refractivity contribution in [3.05, 3.63) is 141 Å². The molecule has 1 unspecified atom stereocenters. The highest BCUT2D eigenvalue weighted by atomic mass is 32.2. The number of primary amides is 1. The van der Waals surface area contributed by atoms with E-state index < -0.39 is 16.0 Å². The van der Waals surface area contributed by atoms with E-state index in [-0.39, 0.29) is 22.5 Å². The zero-order valence-electron chi connectivity index (χ0n) is 34.6. The number of rotatable bonds is 14. The first kappa shape index (κ1) is 40.7. The smallest absolute Gasteiger partial charge is 0.267 e. The number of nitrogens with two attached hydrogens (primary N) is 1. The van der Waals surface area contributed by atoms with Gasteiger partial charge in [-0.2, -0.15) is 8.42 Å². The Labute approximate surface area is 341 Å². The number of anilines is 1. The zero-order chi connectivity index (χ0) is 40.4. The zero-order valence-corrected chi connectivity index (χ0v) is 35.4. The second-order valence-electron chi connectivity index (χ2n) is 17.5. The summed E-state index contributed by atoms with van der Waals surface area (Å²) in [5.74, 6) is -0.116. The molecule has 57 heavy (non-hydrogen) atoms. The number of benzene rings is 3. The fraction of sp³-hybridized carbons (Fsp3) is 0.420. The highest BCUT2D eigenvalue weighted by Gasteiger charge is 2.42. The second-order valence-corrected chi connectivity index (χ2v) is 19.3. The summed E-state index contributed by atoms with van der Waals surface area (Å²) in [4.78, 5) is 14.5. The maximum absolute atomic E-state index is 12.2. The quantitative estimate of drug-likeness (QED) is 0.130. The molecule has 0 aromatic heterocycles. The maximum Gasteiger partial charge on any atom is 0.267 e. The van der Waals surface area contributed by atoms with Crippen LogP contribution in [-0.2, 0) is 38.0 Å². The van der Waals surface area contributed by atoms with E-state index in [2.05, 4.69) is 118 Å². The Morgan fingerprint density at radius 1 is 0.947 bits per heavy atom. The van der Waals surface area contributed by atoms with Gasteiger partial charge in [-0.05, 0) is 150 Å². The molecular weight excluding hydrogens is 725 g/mol. The van der Waals surface area contributed by atoms with Gasteiger partial charge >= 0.3 is 0 Å². The first-order valence-electron chi connectivity index (χ1n) is 21.0. The van der Waals surface area contributed by atoms with Crippen molar-refractivity contribution in [2.75, 3.05) is 24.3 Å². The summed E-state index contributed by atoms with van der Waals surface area (Å²) in [6.45, 7) is 10.2. The molecule has 2 N–H and O–H groups in total. The van der Waals surface area contributed by atoms with Gasteiger partial charge in [0.05, 0.1) is 12.9 Å². The molecule has 0 spiro atoms.